The van der Waals surface area contributed by atoms with Crippen molar-refractivity contribution in [1.29, 1.82) is 0 Å². The molecule has 1 atom stereocenters. The molecule has 4 aromatic rings. The third-order valence-electron chi connectivity index (χ3n) is 6.04. The molecule has 5 rings (SSSR count). The van der Waals surface area contributed by atoms with Gasteiger partial charge in [0.05, 0.1) is 11.2 Å². The monoisotopic (exact) mass is 444 g/mol. The van der Waals surface area contributed by atoms with Crippen LogP contribution in [0.5, 0.6) is 0 Å². The number of nitrogens with one attached hydrogen (secondary N) is 2. The van der Waals surface area contributed by atoms with Crippen LogP contribution in [0.2, 0.25) is 0 Å². The number of rotatable bonds is 5. The minimum atomic E-state index is -0.294. The van der Waals surface area contributed by atoms with Gasteiger partial charge >= 0.3 is 0 Å². The van der Waals surface area contributed by atoms with Crippen LogP contribution in [-0.2, 0) is 6.54 Å². The molecular formula is C25H25FN6O. The van der Waals surface area contributed by atoms with Crippen molar-refractivity contribution in [2.75, 3.05) is 13.1 Å². The lowest BCUT2D eigenvalue weighted by Gasteiger charge is -2.33. The van der Waals surface area contributed by atoms with E-state index in [9.17, 15) is 9.18 Å². The van der Waals surface area contributed by atoms with Crippen LogP contribution in [0.25, 0.3) is 22.2 Å². The first-order chi connectivity index (χ1) is 16.1. The van der Waals surface area contributed by atoms with Gasteiger partial charge in [0.2, 0.25) is 0 Å². The van der Waals surface area contributed by atoms with Crippen molar-refractivity contribution in [1.82, 2.24) is 30.4 Å². The molecule has 168 valence electrons. The number of likely N-dealkylation sites (tertiary alicyclic amines) is 1. The lowest BCUT2D eigenvalue weighted by molar-refractivity contribution is 0.0899. The summed E-state index contributed by atoms with van der Waals surface area (Å²) >= 11 is 0. The molecular weight excluding hydrogens is 419 g/mol. The van der Waals surface area contributed by atoms with Crippen LogP contribution in [0, 0.1) is 12.7 Å². The largest absolute Gasteiger partial charge is 0.348 e. The Morgan fingerprint density at radius 3 is 2.97 bits per heavy atom. The maximum atomic E-state index is 14.0. The lowest BCUT2D eigenvalue weighted by atomic mass is 10.0. The SMILES string of the molecule is Cc1cc(-c2n[nH]c3ccc(C(=O)N[C@@H]4CCCN(Cc5ncccc5F)C4)cc23)ccn1. The van der Waals surface area contributed by atoms with Gasteiger partial charge in [-0.3, -0.25) is 24.8 Å². The van der Waals surface area contributed by atoms with Crippen LogP contribution in [0.15, 0.2) is 54.9 Å². The minimum absolute atomic E-state index is 0.000359. The predicted octanol–water partition coefficient (Wildman–Crippen LogP) is 3.86. The van der Waals surface area contributed by atoms with E-state index in [1.165, 1.54) is 6.07 Å². The Kier molecular flexibility index (Phi) is 5.83. The molecule has 1 aromatic carbocycles. The number of H-pyrrole nitrogens is 1. The molecule has 0 aliphatic carbocycles. The van der Waals surface area contributed by atoms with E-state index in [0.717, 1.165) is 47.2 Å². The minimum Gasteiger partial charge on any atom is -0.348 e. The van der Waals surface area contributed by atoms with E-state index in [2.05, 4.69) is 30.4 Å². The fraction of sp³-hybridized carbons (Fsp3) is 0.280. The number of fused-ring (bicyclic) bond motifs is 1. The van der Waals surface area contributed by atoms with Crippen molar-refractivity contribution in [2.45, 2.75) is 32.4 Å². The molecule has 4 heterocycles. The number of pyridine rings is 2. The molecule has 0 saturated carbocycles. The smallest absolute Gasteiger partial charge is 0.251 e. The maximum Gasteiger partial charge on any atom is 0.251 e. The second-order valence-electron chi connectivity index (χ2n) is 8.50. The number of benzene rings is 1. The summed E-state index contributed by atoms with van der Waals surface area (Å²) in [4.78, 5) is 23.6. The summed E-state index contributed by atoms with van der Waals surface area (Å²) in [5.74, 6) is -0.414. The van der Waals surface area contributed by atoms with Gasteiger partial charge in [-0.2, -0.15) is 5.10 Å². The van der Waals surface area contributed by atoms with Gasteiger partial charge in [-0.1, -0.05) is 0 Å². The first-order valence-electron chi connectivity index (χ1n) is 11.1. The Bertz CT molecular complexity index is 1300. The maximum absolute atomic E-state index is 14.0. The fourth-order valence-electron chi connectivity index (χ4n) is 4.40. The molecule has 1 aliphatic rings. The van der Waals surface area contributed by atoms with Crippen molar-refractivity contribution < 1.29 is 9.18 Å². The number of carbonyl (C=O) groups excluding carboxylic acids is 1. The second-order valence-corrected chi connectivity index (χ2v) is 8.50. The topological polar surface area (TPSA) is 86.8 Å². The molecule has 3 aromatic heterocycles. The highest BCUT2D eigenvalue weighted by Crippen LogP contribution is 2.27. The van der Waals surface area contributed by atoms with Crippen molar-refractivity contribution >= 4 is 16.8 Å². The van der Waals surface area contributed by atoms with Gasteiger partial charge in [-0.05, 0) is 68.8 Å². The van der Waals surface area contributed by atoms with Crippen LogP contribution in [0.1, 0.15) is 34.6 Å². The van der Waals surface area contributed by atoms with E-state index in [1.807, 2.05) is 31.2 Å². The number of hydrogen-bond acceptors (Lipinski definition) is 5. The first-order valence-corrected chi connectivity index (χ1v) is 11.1. The first kappa shape index (κ1) is 21.2. The molecule has 1 saturated heterocycles. The molecule has 0 unspecified atom stereocenters. The Morgan fingerprint density at radius 1 is 1.21 bits per heavy atom. The Morgan fingerprint density at radius 2 is 2.12 bits per heavy atom. The van der Waals surface area contributed by atoms with Gasteiger partial charge in [0.1, 0.15) is 11.5 Å². The summed E-state index contributed by atoms with van der Waals surface area (Å²) in [6.45, 7) is 3.90. The van der Waals surface area contributed by atoms with E-state index in [1.54, 1.807) is 24.5 Å². The van der Waals surface area contributed by atoms with Gasteiger partial charge < -0.3 is 5.32 Å². The van der Waals surface area contributed by atoms with Gasteiger partial charge in [0.25, 0.3) is 5.91 Å². The van der Waals surface area contributed by atoms with Gasteiger partial charge in [-0.25, -0.2) is 4.39 Å². The van der Waals surface area contributed by atoms with Crippen LogP contribution in [0.4, 0.5) is 4.39 Å². The van der Waals surface area contributed by atoms with Crippen LogP contribution in [-0.4, -0.2) is 50.1 Å². The summed E-state index contributed by atoms with van der Waals surface area (Å²) in [5, 5.41) is 11.5. The highest BCUT2D eigenvalue weighted by atomic mass is 19.1. The van der Waals surface area contributed by atoms with E-state index < -0.39 is 0 Å². The summed E-state index contributed by atoms with van der Waals surface area (Å²) in [6.07, 6.45) is 5.19. The Hall–Kier alpha value is -3.65. The fourth-order valence-corrected chi connectivity index (χ4v) is 4.40. The number of piperidine rings is 1. The van der Waals surface area contributed by atoms with Gasteiger partial charge in [0.15, 0.2) is 0 Å². The molecule has 33 heavy (non-hydrogen) atoms. The second kappa shape index (κ2) is 9.07. The van der Waals surface area contributed by atoms with E-state index in [-0.39, 0.29) is 17.8 Å². The van der Waals surface area contributed by atoms with Crippen LogP contribution in [0.3, 0.4) is 0 Å². The molecule has 8 heteroatoms. The average Bonchev–Trinajstić information content (AvgIpc) is 3.24. The predicted molar refractivity (Wildman–Crippen MR) is 124 cm³/mol. The number of hydrogen-bond donors (Lipinski definition) is 2. The highest BCUT2D eigenvalue weighted by Gasteiger charge is 2.23. The molecule has 1 fully saturated rings. The number of amides is 1. The highest BCUT2D eigenvalue weighted by molar-refractivity contribution is 6.01. The average molecular weight is 445 g/mol. The summed E-state index contributed by atoms with van der Waals surface area (Å²) in [6, 6.07) is 12.5. The van der Waals surface area contributed by atoms with Gasteiger partial charge in [-0.15, -0.1) is 0 Å². The third-order valence-corrected chi connectivity index (χ3v) is 6.04. The molecule has 2 N–H and O–H groups in total. The van der Waals surface area contributed by atoms with Crippen molar-refractivity contribution in [3.63, 3.8) is 0 Å². The molecule has 7 nitrogen and oxygen atoms in total. The number of aromatic amines is 1. The summed E-state index contributed by atoms with van der Waals surface area (Å²) in [7, 11) is 0. The quantitative estimate of drug-likeness (QED) is 0.488. The molecule has 0 spiro atoms. The summed E-state index contributed by atoms with van der Waals surface area (Å²) in [5.41, 5.74) is 4.56. The van der Waals surface area contributed by atoms with Crippen molar-refractivity contribution in [3.8, 4) is 11.3 Å². The molecule has 0 bridgehead atoms. The van der Waals surface area contributed by atoms with E-state index in [4.69, 9.17) is 0 Å². The van der Waals surface area contributed by atoms with E-state index >= 15 is 0 Å². The Labute approximate surface area is 191 Å². The number of nitrogens with zero attached hydrogens (tertiary/aromatic N) is 4. The van der Waals surface area contributed by atoms with Gasteiger partial charge in [0, 0.05) is 53.7 Å². The van der Waals surface area contributed by atoms with Crippen LogP contribution >= 0.6 is 0 Å². The van der Waals surface area contributed by atoms with Crippen molar-refractivity contribution in [3.05, 3.63) is 77.6 Å². The number of aromatic nitrogens is 4. The zero-order valence-corrected chi connectivity index (χ0v) is 18.4. The standard InChI is InChI=1S/C25H25FN6O/c1-16-12-17(8-10-27-16)24-20-13-18(6-7-22(20)30-31-24)25(33)29-19-4-3-11-32(14-19)15-23-21(26)5-2-9-28-23/h2,5-10,12-13,19H,3-4,11,14-15H2,1H3,(H,29,33)(H,30,31)/t19-/m1/s1. The van der Waals surface area contributed by atoms with Crippen molar-refractivity contribution in [2.24, 2.45) is 0 Å². The Balaban J connectivity index is 1.30. The molecule has 0 radical (unpaired) electrons. The van der Waals surface area contributed by atoms with Crippen LogP contribution < -0.4 is 5.32 Å². The molecule has 1 aliphatic heterocycles. The number of carbonyl (C=O) groups is 1. The number of halogens is 1. The third kappa shape index (κ3) is 4.61. The lowest BCUT2D eigenvalue weighted by Crippen LogP contribution is -2.47. The van der Waals surface area contributed by atoms with E-state index in [0.29, 0.717) is 24.3 Å². The molecule has 1 amide bonds. The number of aryl methyl sites for hydroxylation is 1. The zero-order valence-electron chi connectivity index (χ0n) is 18.4. The normalized spacial score (nSPS) is 16.7. The zero-order chi connectivity index (χ0) is 22.8. The summed E-state index contributed by atoms with van der Waals surface area (Å²) < 4.78 is 14.0.